The van der Waals surface area contributed by atoms with Crippen molar-refractivity contribution in [3.63, 3.8) is 0 Å². The number of nitrogens with zero attached hydrogens (tertiary/aromatic N) is 2. The normalized spacial score (nSPS) is 10.2. The van der Waals surface area contributed by atoms with Gasteiger partial charge in [0.1, 0.15) is 23.2 Å². The summed E-state index contributed by atoms with van der Waals surface area (Å²) in [6.45, 7) is 1.84. The van der Waals surface area contributed by atoms with Crippen molar-refractivity contribution in [1.29, 1.82) is 5.26 Å². The molecule has 1 amide bonds. The Kier molecular flexibility index (Phi) is 5.97. The number of hydrogen-bond donors (Lipinski definition) is 1. The van der Waals surface area contributed by atoms with Crippen LogP contribution in [-0.4, -0.2) is 10.9 Å². The van der Waals surface area contributed by atoms with Gasteiger partial charge >= 0.3 is 0 Å². The van der Waals surface area contributed by atoms with Crippen LogP contribution in [0.25, 0.3) is 0 Å². The zero-order valence-electron chi connectivity index (χ0n) is 15.3. The van der Waals surface area contributed by atoms with E-state index >= 15 is 0 Å². The van der Waals surface area contributed by atoms with Crippen molar-refractivity contribution in [2.45, 2.75) is 19.8 Å². The molecular formula is C22H18FN3O2. The largest absolute Gasteiger partial charge is 0.438 e. The highest BCUT2D eigenvalue weighted by Gasteiger charge is 2.10. The van der Waals surface area contributed by atoms with Crippen LogP contribution in [0.5, 0.6) is 11.6 Å². The molecule has 3 rings (SSSR count). The Morgan fingerprint density at radius 2 is 2.04 bits per heavy atom. The highest BCUT2D eigenvalue weighted by Crippen LogP contribution is 2.26. The van der Waals surface area contributed by atoms with Crippen molar-refractivity contribution >= 4 is 11.6 Å². The first kappa shape index (κ1) is 19.1. The Morgan fingerprint density at radius 3 is 2.79 bits per heavy atom. The number of halogens is 1. The molecule has 5 nitrogen and oxygen atoms in total. The predicted octanol–water partition coefficient (Wildman–Crippen LogP) is 4.76. The SMILES string of the molecule is Cc1cc(Oc2ncccc2C#N)ccc1NC(=O)CCc1ccccc1F. The highest BCUT2D eigenvalue weighted by molar-refractivity contribution is 5.91. The van der Waals surface area contributed by atoms with Gasteiger partial charge in [-0.15, -0.1) is 0 Å². The van der Waals surface area contributed by atoms with E-state index in [0.717, 1.165) is 5.56 Å². The van der Waals surface area contributed by atoms with Gasteiger partial charge < -0.3 is 10.1 Å². The lowest BCUT2D eigenvalue weighted by atomic mass is 10.1. The third-order valence-corrected chi connectivity index (χ3v) is 4.16. The standard InChI is InChI=1S/C22H18FN3O2/c1-15-13-18(28-22-17(14-24)6-4-12-25-22)9-10-20(15)26-21(27)11-8-16-5-2-3-7-19(16)23/h2-7,9-10,12-13H,8,11H2,1H3,(H,26,27). The summed E-state index contributed by atoms with van der Waals surface area (Å²) >= 11 is 0. The second-order valence-electron chi connectivity index (χ2n) is 6.19. The van der Waals surface area contributed by atoms with Gasteiger partial charge in [0.25, 0.3) is 0 Å². The summed E-state index contributed by atoms with van der Waals surface area (Å²) in [6, 6.07) is 16.9. The van der Waals surface area contributed by atoms with Crippen LogP contribution in [0.2, 0.25) is 0 Å². The molecule has 1 N–H and O–H groups in total. The molecule has 0 saturated heterocycles. The van der Waals surface area contributed by atoms with Gasteiger partial charge in [-0.1, -0.05) is 18.2 Å². The van der Waals surface area contributed by atoms with Crippen LogP contribution in [0.3, 0.4) is 0 Å². The third kappa shape index (κ3) is 4.71. The fraction of sp³-hybridized carbons (Fsp3) is 0.136. The van der Waals surface area contributed by atoms with Gasteiger partial charge in [0.15, 0.2) is 0 Å². The third-order valence-electron chi connectivity index (χ3n) is 4.16. The lowest BCUT2D eigenvalue weighted by Crippen LogP contribution is -2.13. The molecule has 0 unspecified atom stereocenters. The van der Waals surface area contributed by atoms with Crippen LogP contribution in [0, 0.1) is 24.1 Å². The molecule has 0 bridgehead atoms. The maximum atomic E-state index is 13.6. The number of carbonyl (C=O) groups excluding carboxylic acids is 1. The van der Waals surface area contributed by atoms with E-state index in [4.69, 9.17) is 10.00 Å². The number of amides is 1. The summed E-state index contributed by atoms with van der Waals surface area (Å²) in [5.41, 5.74) is 2.30. The minimum absolute atomic E-state index is 0.179. The molecule has 140 valence electrons. The van der Waals surface area contributed by atoms with Crippen LogP contribution in [-0.2, 0) is 11.2 Å². The van der Waals surface area contributed by atoms with Gasteiger partial charge in [-0.3, -0.25) is 4.79 Å². The molecule has 0 radical (unpaired) electrons. The topological polar surface area (TPSA) is 75.0 Å². The quantitative estimate of drug-likeness (QED) is 0.674. The molecule has 3 aromatic rings. The molecule has 0 spiro atoms. The van der Waals surface area contributed by atoms with E-state index < -0.39 is 0 Å². The molecule has 6 heteroatoms. The summed E-state index contributed by atoms with van der Waals surface area (Å²) in [7, 11) is 0. The molecule has 1 heterocycles. The number of ether oxygens (including phenoxy) is 1. The molecule has 0 fully saturated rings. The molecule has 28 heavy (non-hydrogen) atoms. The van der Waals surface area contributed by atoms with Crippen molar-refractivity contribution in [1.82, 2.24) is 4.98 Å². The number of carbonyl (C=O) groups is 1. The van der Waals surface area contributed by atoms with E-state index in [2.05, 4.69) is 10.3 Å². The van der Waals surface area contributed by atoms with Crippen molar-refractivity contribution in [2.75, 3.05) is 5.32 Å². The van der Waals surface area contributed by atoms with Crippen molar-refractivity contribution in [2.24, 2.45) is 0 Å². The fourth-order valence-corrected chi connectivity index (χ4v) is 2.67. The number of nitriles is 1. The molecular weight excluding hydrogens is 357 g/mol. The molecule has 1 aromatic heterocycles. The average molecular weight is 375 g/mol. The van der Waals surface area contributed by atoms with Gasteiger partial charge in [-0.05, 0) is 60.9 Å². The average Bonchev–Trinajstić information content (AvgIpc) is 2.70. The maximum Gasteiger partial charge on any atom is 0.237 e. The van der Waals surface area contributed by atoms with Crippen molar-refractivity contribution in [3.8, 4) is 17.7 Å². The van der Waals surface area contributed by atoms with E-state index in [1.807, 2.05) is 13.0 Å². The van der Waals surface area contributed by atoms with Crippen LogP contribution in [0.15, 0.2) is 60.8 Å². The predicted molar refractivity (Wildman–Crippen MR) is 104 cm³/mol. The molecule has 0 aliphatic carbocycles. The number of anilines is 1. The summed E-state index contributed by atoms with van der Waals surface area (Å²) in [6.07, 6.45) is 2.06. The van der Waals surface area contributed by atoms with E-state index in [1.165, 1.54) is 6.07 Å². The number of nitrogens with one attached hydrogen (secondary N) is 1. The van der Waals surface area contributed by atoms with Crippen LogP contribution < -0.4 is 10.1 Å². The number of hydrogen-bond acceptors (Lipinski definition) is 4. The Morgan fingerprint density at radius 1 is 1.21 bits per heavy atom. The van der Waals surface area contributed by atoms with Crippen molar-refractivity contribution < 1.29 is 13.9 Å². The highest BCUT2D eigenvalue weighted by atomic mass is 19.1. The van der Waals surface area contributed by atoms with Crippen molar-refractivity contribution in [3.05, 3.63) is 83.3 Å². The first-order valence-electron chi connectivity index (χ1n) is 8.73. The van der Waals surface area contributed by atoms with E-state index in [1.54, 1.807) is 54.7 Å². The first-order chi connectivity index (χ1) is 13.6. The molecule has 0 aliphatic heterocycles. The van der Waals surface area contributed by atoms with Crippen LogP contribution in [0.4, 0.5) is 10.1 Å². The Balaban J connectivity index is 1.63. The lowest BCUT2D eigenvalue weighted by Gasteiger charge is -2.11. The van der Waals surface area contributed by atoms with Crippen LogP contribution >= 0.6 is 0 Å². The zero-order valence-corrected chi connectivity index (χ0v) is 15.3. The zero-order chi connectivity index (χ0) is 19.9. The lowest BCUT2D eigenvalue weighted by molar-refractivity contribution is -0.116. The fourth-order valence-electron chi connectivity index (χ4n) is 2.67. The number of pyridine rings is 1. The van der Waals surface area contributed by atoms with Gasteiger partial charge in [-0.25, -0.2) is 9.37 Å². The van der Waals surface area contributed by atoms with Gasteiger partial charge in [-0.2, -0.15) is 5.26 Å². The maximum absolute atomic E-state index is 13.6. The van der Waals surface area contributed by atoms with Gasteiger partial charge in [0, 0.05) is 18.3 Å². The second-order valence-corrected chi connectivity index (χ2v) is 6.19. The van der Waals surface area contributed by atoms with Gasteiger partial charge in [0.05, 0.1) is 0 Å². The second kappa shape index (κ2) is 8.78. The minimum atomic E-state index is -0.306. The smallest absolute Gasteiger partial charge is 0.237 e. The molecule has 0 atom stereocenters. The minimum Gasteiger partial charge on any atom is -0.438 e. The molecule has 0 saturated carbocycles. The van der Waals surface area contributed by atoms with E-state index in [-0.39, 0.29) is 24.0 Å². The molecule has 2 aromatic carbocycles. The van der Waals surface area contributed by atoms with Gasteiger partial charge in [0.2, 0.25) is 11.8 Å². The Hall–Kier alpha value is -3.72. The monoisotopic (exact) mass is 375 g/mol. The van der Waals surface area contributed by atoms with E-state index in [0.29, 0.717) is 29.0 Å². The van der Waals surface area contributed by atoms with E-state index in [9.17, 15) is 9.18 Å². The van der Waals surface area contributed by atoms with Crippen LogP contribution in [0.1, 0.15) is 23.1 Å². The number of benzene rings is 2. The summed E-state index contributed by atoms with van der Waals surface area (Å²) in [5.74, 6) is 0.235. The Bertz CT molecular complexity index is 1040. The number of aryl methyl sites for hydroxylation is 2. The molecule has 0 aliphatic rings. The first-order valence-corrected chi connectivity index (χ1v) is 8.73. The summed E-state index contributed by atoms with van der Waals surface area (Å²) in [4.78, 5) is 16.3. The summed E-state index contributed by atoms with van der Waals surface area (Å²) in [5, 5.41) is 11.9. The Labute approximate surface area is 162 Å². The number of aromatic nitrogens is 1. The number of rotatable bonds is 6. The summed E-state index contributed by atoms with van der Waals surface area (Å²) < 4.78 is 19.3.